The van der Waals surface area contributed by atoms with Crippen LogP contribution in [-0.2, 0) is 42.9 Å². The van der Waals surface area contributed by atoms with Crippen molar-refractivity contribution in [3.8, 4) is 0 Å². The van der Waals surface area contributed by atoms with Crippen molar-refractivity contribution < 1.29 is 205 Å². The maximum atomic E-state index is 12.9. The minimum atomic E-state index is -4.90. The van der Waals surface area contributed by atoms with E-state index < -0.39 is 191 Å². The monoisotopic (exact) mass is 1010 g/mol. The van der Waals surface area contributed by atoms with Gasteiger partial charge in [-0.25, -0.2) is 19.2 Å². The molecule has 390 valence electrons. The molecule has 0 amide bonds. The minimum absolute atomic E-state index is 0. The first-order valence-electron chi connectivity index (χ1n) is 18.1. The fourth-order valence-electron chi connectivity index (χ4n) is 4.17. The van der Waals surface area contributed by atoms with Crippen LogP contribution in [0.5, 0.6) is 0 Å². The predicted octanol–water partition coefficient (Wildman–Crippen LogP) is -22.3. The van der Waals surface area contributed by atoms with Crippen LogP contribution in [0, 0.1) is 0 Å². The number of ether oxygens (including phenoxy) is 4. The Morgan fingerprint density at radius 3 is 0.597 bits per heavy atom. The van der Waals surface area contributed by atoms with E-state index in [0.717, 1.165) is 0 Å². The van der Waals surface area contributed by atoms with Crippen molar-refractivity contribution in [2.75, 3.05) is 33.0 Å². The van der Waals surface area contributed by atoms with Gasteiger partial charge in [0, 0.05) is 0 Å². The molecule has 0 spiro atoms. The smallest absolute Gasteiger partial charge is 0.547 e. The van der Waals surface area contributed by atoms with Crippen molar-refractivity contribution in [3.63, 3.8) is 0 Å². The Kier molecular flexibility index (Phi) is 33.1. The molecule has 25 N–H and O–H groups in total. The van der Waals surface area contributed by atoms with Crippen LogP contribution in [0.1, 0.15) is 0 Å². The molecule has 0 rings (SSSR count). The van der Waals surface area contributed by atoms with E-state index in [1.807, 2.05) is 0 Å². The zero-order valence-electron chi connectivity index (χ0n) is 34.3. The Hall–Kier alpha value is -2.65. The molecule has 0 aromatic rings. The minimum Gasteiger partial charge on any atom is -0.547 e. The molecule has 0 aromatic carbocycles. The molecule has 0 aromatic heterocycles. The average Bonchev–Trinajstić information content (AvgIpc) is 3.30. The number of carboxylic acids is 1. The number of carbonyl (C=O) groups excluding carboxylic acids is 5. The van der Waals surface area contributed by atoms with Gasteiger partial charge < -0.3 is 157 Å². The van der Waals surface area contributed by atoms with Gasteiger partial charge in [0.25, 0.3) is 0 Å². The Morgan fingerprint density at radius 2 is 0.463 bits per heavy atom. The van der Waals surface area contributed by atoms with Gasteiger partial charge in [0.2, 0.25) is 0 Å². The number of aliphatic carboxylic acids is 1. The molecule has 0 saturated carbocycles. The zero-order valence-corrected chi connectivity index (χ0v) is 36.3. The zero-order chi connectivity index (χ0) is 52.3. The van der Waals surface area contributed by atoms with Crippen LogP contribution >= 0.6 is 0 Å². The van der Waals surface area contributed by atoms with Crippen molar-refractivity contribution in [1.82, 2.24) is 0 Å². The van der Waals surface area contributed by atoms with Crippen molar-refractivity contribution >= 4 is 29.8 Å². The second-order valence-corrected chi connectivity index (χ2v) is 13.4. The summed E-state index contributed by atoms with van der Waals surface area (Å²) >= 11 is 0. The van der Waals surface area contributed by atoms with Gasteiger partial charge in [0.1, 0.15) is 97.7 Å². The number of aliphatic hydroxyl groups is 25. The van der Waals surface area contributed by atoms with E-state index in [-0.39, 0.29) is 29.6 Å². The summed E-state index contributed by atoms with van der Waals surface area (Å²) in [4.78, 5) is 61.5. The molecule has 67 heavy (non-hydrogen) atoms. The normalized spacial score (nSPS) is 20.9. The Balaban J connectivity index is -0.00000252. The van der Waals surface area contributed by atoms with Gasteiger partial charge in [0.15, 0.2) is 24.4 Å². The SMILES string of the molecule is O=C(OC(OC(=O)[C@H](O)[C@@H](O)[C@H](O)[C@H](O)CO)(OC(=O)[C@H](O)[C@@H](O)[C@H](O)[C@H](O)CO)OC(=O)[C@H](O)[C@@H](O)[C@H](O)[C@H](O)CO)[C@H](O)[C@@H](O)[C@H](O)[C@H](O)CO.O=C([O-])[C@H](O)[C@@H](O)[C@H](O)[C@H](O)CO.[Na+]. The van der Waals surface area contributed by atoms with Gasteiger partial charge >= 0.3 is 59.6 Å². The first-order valence-corrected chi connectivity index (χ1v) is 18.1. The van der Waals surface area contributed by atoms with Crippen LogP contribution in [0.3, 0.4) is 0 Å². The van der Waals surface area contributed by atoms with Crippen molar-refractivity contribution in [3.05, 3.63) is 0 Å². The predicted molar refractivity (Wildman–Crippen MR) is 188 cm³/mol. The van der Waals surface area contributed by atoms with E-state index in [1.54, 1.807) is 0 Å². The van der Waals surface area contributed by atoms with Crippen molar-refractivity contribution in [1.29, 1.82) is 0 Å². The molecule has 0 saturated heterocycles. The number of esters is 4. The van der Waals surface area contributed by atoms with E-state index in [9.17, 15) is 111 Å². The Labute approximate surface area is 395 Å². The summed E-state index contributed by atoms with van der Waals surface area (Å²) in [6.45, 7) is -6.24. The summed E-state index contributed by atoms with van der Waals surface area (Å²) < 4.78 is 17.2. The van der Waals surface area contributed by atoms with Gasteiger partial charge in [-0.2, -0.15) is 0 Å². The van der Waals surface area contributed by atoms with Gasteiger partial charge in [-0.15, -0.1) is 0 Å². The summed E-state index contributed by atoms with van der Waals surface area (Å²) in [5.74, 6) is -12.5. The molecular formula is C31H55NaO35. The van der Waals surface area contributed by atoms with Crippen molar-refractivity contribution in [2.45, 2.75) is 128 Å². The molecule has 0 radical (unpaired) electrons. The van der Waals surface area contributed by atoms with Crippen LogP contribution < -0.4 is 34.7 Å². The largest absolute Gasteiger partial charge is 1.00 e. The maximum Gasteiger partial charge on any atom is 1.00 e. The quantitative estimate of drug-likeness (QED) is 0.0188. The Morgan fingerprint density at radius 1 is 0.313 bits per heavy atom. The van der Waals surface area contributed by atoms with Crippen LogP contribution in [0.15, 0.2) is 0 Å². The van der Waals surface area contributed by atoms with E-state index in [4.69, 9.17) is 46.0 Å². The fourth-order valence-corrected chi connectivity index (χ4v) is 4.17. The molecule has 0 aliphatic rings. The van der Waals surface area contributed by atoms with Crippen molar-refractivity contribution in [2.24, 2.45) is 0 Å². The van der Waals surface area contributed by atoms with Gasteiger partial charge in [-0.1, -0.05) is 0 Å². The maximum absolute atomic E-state index is 12.9. The first kappa shape index (κ1) is 68.6. The topological polar surface area (TPSA) is 651 Å². The first-order chi connectivity index (χ1) is 30.3. The molecule has 0 aliphatic heterocycles. The fraction of sp³-hybridized carbons (Fsp3) is 0.839. The molecule has 0 fully saturated rings. The standard InChI is InChI=1S/C25H44O28.C6H12O7.Na/c26-1-5(30)9(34)13(38)17(42)21(46)50-25(51-22(47)18(43)14(39)10(35)6(31)2-27,52-23(48)19(44)15(40)11(36)7(32)3-28)53-24(49)20(45)16(41)12(37)8(33)4-29;7-1-2(8)3(9)4(10)5(11)6(12)13;/h5-20,26-45H,1-4H2;2-5,7-11H,1H2,(H,12,13);/q;;+1/p-1/t5-,6-,7-,8-,9-,10-,11-,12-,13+,14+,15+,16+,17-,18-,19-,20-;2-,3-,4+,5-;/m11./s1. The van der Waals surface area contributed by atoms with E-state index >= 15 is 0 Å². The third-order valence-corrected chi connectivity index (χ3v) is 8.38. The second-order valence-electron chi connectivity index (χ2n) is 13.4. The van der Waals surface area contributed by atoms with Gasteiger partial charge in [-0.05, 0) is 0 Å². The molecule has 0 heterocycles. The average molecular weight is 1010 g/mol. The summed E-state index contributed by atoms with van der Waals surface area (Å²) in [7, 11) is 0. The van der Waals surface area contributed by atoms with E-state index in [1.165, 1.54) is 0 Å². The van der Waals surface area contributed by atoms with Crippen LogP contribution in [0.25, 0.3) is 0 Å². The molecule has 20 atom stereocenters. The number of carboxylic acid groups (broad SMARTS) is 1. The number of aliphatic hydroxyl groups excluding tert-OH is 25. The molecule has 35 nitrogen and oxygen atoms in total. The number of hydrogen-bond acceptors (Lipinski definition) is 35. The third kappa shape index (κ3) is 20.7. The number of hydrogen-bond donors (Lipinski definition) is 25. The molecule has 0 aliphatic carbocycles. The molecule has 0 bridgehead atoms. The van der Waals surface area contributed by atoms with Gasteiger partial charge in [0.05, 0.1) is 39.0 Å². The summed E-state index contributed by atoms with van der Waals surface area (Å²) in [5, 5.41) is 248. The molecule has 0 unspecified atom stereocenters. The van der Waals surface area contributed by atoms with Crippen LogP contribution in [0.2, 0.25) is 0 Å². The second kappa shape index (κ2) is 32.3. The van der Waals surface area contributed by atoms with Gasteiger partial charge in [-0.3, -0.25) is 0 Å². The van der Waals surface area contributed by atoms with E-state index in [0.29, 0.717) is 0 Å². The third-order valence-electron chi connectivity index (χ3n) is 8.38. The summed E-state index contributed by atoms with van der Waals surface area (Å²) in [6.07, 6.45) is -58.0. The van der Waals surface area contributed by atoms with Crippen LogP contribution in [0.4, 0.5) is 0 Å². The van der Waals surface area contributed by atoms with E-state index in [2.05, 4.69) is 18.9 Å². The summed E-state index contributed by atoms with van der Waals surface area (Å²) in [5.41, 5.74) is 0. The molecular weight excluding hydrogens is 955 g/mol. The number of carbonyl (C=O) groups is 5. The number of rotatable bonds is 29. The molecule has 36 heteroatoms. The van der Waals surface area contributed by atoms with Crippen LogP contribution in [-0.4, -0.2) is 319 Å². The summed E-state index contributed by atoms with van der Waals surface area (Å²) in [6, 6.07) is 0. The Bertz CT molecular complexity index is 1290.